The number of aromatic hydroxyl groups is 1. The fourth-order valence-electron chi connectivity index (χ4n) is 2.77. The van der Waals surface area contributed by atoms with Crippen LogP contribution in [0.15, 0.2) is 47.1 Å². The molecule has 0 heterocycles. The molecule has 2 heteroatoms. The van der Waals surface area contributed by atoms with Gasteiger partial charge in [0.05, 0.1) is 7.11 Å². The highest BCUT2D eigenvalue weighted by Crippen LogP contribution is 2.30. The minimum absolute atomic E-state index is 0.316. The summed E-state index contributed by atoms with van der Waals surface area (Å²) in [5, 5.41) is 10.2. The van der Waals surface area contributed by atoms with E-state index < -0.39 is 0 Å². The summed E-state index contributed by atoms with van der Waals surface area (Å²) in [5.41, 5.74) is 6.06. The Bertz CT molecular complexity index is 644. The van der Waals surface area contributed by atoms with Crippen molar-refractivity contribution in [1.29, 1.82) is 0 Å². The van der Waals surface area contributed by atoms with Crippen LogP contribution in [0.25, 0.3) is 0 Å². The van der Waals surface area contributed by atoms with Crippen molar-refractivity contribution in [1.82, 2.24) is 0 Å². The van der Waals surface area contributed by atoms with Gasteiger partial charge in [-0.25, -0.2) is 0 Å². The molecule has 0 aliphatic rings. The molecule has 0 amide bonds. The molecule has 25 heavy (non-hydrogen) atoms. The monoisotopic (exact) mass is 342 g/mol. The summed E-state index contributed by atoms with van der Waals surface area (Å²) >= 11 is 0. The molecule has 0 saturated heterocycles. The largest absolute Gasteiger partial charge is 0.508 e. The average molecular weight is 343 g/mol. The van der Waals surface area contributed by atoms with Gasteiger partial charge in [-0.05, 0) is 84.4 Å². The van der Waals surface area contributed by atoms with Crippen molar-refractivity contribution in [3.63, 3.8) is 0 Å². The Balaban J connectivity index is 2.56. The summed E-state index contributed by atoms with van der Waals surface area (Å²) in [6, 6.07) is 3.76. The maximum Gasteiger partial charge on any atom is 0.126 e. The maximum absolute atomic E-state index is 10.2. The van der Waals surface area contributed by atoms with Crippen LogP contribution in [0.1, 0.15) is 64.5 Å². The molecule has 0 radical (unpaired) electrons. The lowest BCUT2D eigenvalue weighted by Crippen LogP contribution is -1.93. The van der Waals surface area contributed by atoms with E-state index in [-0.39, 0.29) is 0 Å². The molecular formula is C23H34O2. The van der Waals surface area contributed by atoms with E-state index in [1.54, 1.807) is 13.2 Å². The molecule has 0 saturated carbocycles. The number of ether oxygens (including phenoxy) is 1. The van der Waals surface area contributed by atoms with E-state index in [1.807, 2.05) is 13.0 Å². The van der Waals surface area contributed by atoms with Crippen LogP contribution < -0.4 is 4.74 Å². The summed E-state index contributed by atoms with van der Waals surface area (Å²) < 4.78 is 5.40. The third-order valence-corrected chi connectivity index (χ3v) is 4.33. The first-order chi connectivity index (χ1) is 11.8. The molecule has 138 valence electrons. The van der Waals surface area contributed by atoms with Gasteiger partial charge in [-0.1, -0.05) is 34.9 Å². The van der Waals surface area contributed by atoms with E-state index in [0.717, 1.165) is 42.6 Å². The molecule has 0 aliphatic carbocycles. The second-order valence-electron chi connectivity index (χ2n) is 7.13. The van der Waals surface area contributed by atoms with Crippen molar-refractivity contribution < 1.29 is 9.84 Å². The Morgan fingerprint density at radius 1 is 0.960 bits per heavy atom. The number of benzene rings is 1. The molecule has 1 rings (SSSR count). The van der Waals surface area contributed by atoms with Crippen LogP contribution in [0.2, 0.25) is 0 Å². The van der Waals surface area contributed by atoms with Crippen molar-refractivity contribution in [3.05, 3.63) is 58.2 Å². The first-order valence-electron chi connectivity index (χ1n) is 9.14. The van der Waals surface area contributed by atoms with Gasteiger partial charge in [0.25, 0.3) is 0 Å². The molecule has 0 unspecified atom stereocenters. The molecule has 0 fully saturated rings. The molecule has 0 spiro atoms. The number of hydrogen-bond acceptors (Lipinski definition) is 2. The first-order valence-corrected chi connectivity index (χ1v) is 9.14. The smallest absolute Gasteiger partial charge is 0.126 e. The standard InChI is InChI=1S/C23H34O2/c1-17(2)9-7-10-18(3)11-8-12-19(4)13-14-21-22(24)15-20(5)16-23(21)25-6/h9,11,13,15-16,24H,7-8,10,12,14H2,1-6H3. The SMILES string of the molecule is COc1cc(C)cc(O)c1CC=C(C)CCC=C(C)CCC=C(C)C. The highest BCUT2D eigenvalue weighted by Gasteiger charge is 2.08. The quantitative estimate of drug-likeness (QED) is 0.508. The zero-order chi connectivity index (χ0) is 18.8. The number of phenols is 1. The highest BCUT2D eigenvalue weighted by atomic mass is 16.5. The summed E-state index contributed by atoms with van der Waals surface area (Å²) in [5.74, 6) is 1.08. The lowest BCUT2D eigenvalue weighted by molar-refractivity contribution is 0.400. The summed E-state index contributed by atoms with van der Waals surface area (Å²) in [6.45, 7) is 10.6. The third kappa shape index (κ3) is 8.11. The molecular weight excluding hydrogens is 308 g/mol. The van der Waals surface area contributed by atoms with Gasteiger partial charge in [-0.2, -0.15) is 0 Å². The molecule has 2 nitrogen and oxygen atoms in total. The molecule has 1 N–H and O–H groups in total. The van der Waals surface area contributed by atoms with Gasteiger partial charge < -0.3 is 9.84 Å². The topological polar surface area (TPSA) is 29.5 Å². The molecule has 0 aromatic heterocycles. The average Bonchev–Trinajstić information content (AvgIpc) is 2.52. The highest BCUT2D eigenvalue weighted by molar-refractivity contribution is 5.48. The normalized spacial score (nSPS) is 12.2. The van der Waals surface area contributed by atoms with Gasteiger partial charge in [0, 0.05) is 5.56 Å². The van der Waals surface area contributed by atoms with Gasteiger partial charge in [-0.15, -0.1) is 0 Å². The van der Waals surface area contributed by atoms with Crippen LogP contribution in [0, 0.1) is 6.92 Å². The maximum atomic E-state index is 10.2. The number of aryl methyl sites for hydroxylation is 1. The number of phenolic OH excluding ortho intramolecular Hbond substituents is 1. The van der Waals surface area contributed by atoms with Crippen LogP contribution in [-0.2, 0) is 6.42 Å². The molecule has 1 aromatic rings. The van der Waals surface area contributed by atoms with E-state index in [4.69, 9.17) is 4.74 Å². The van der Waals surface area contributed by atoms with E-state index >= 15 is 0 Å². The van der Waals surface area contributed by atoms with E-state index in [0.29, 0.717) is 12.2 Å². The Hall–Kier alpha value is -1.96. The van der Waals surface area contributed by atoms with Crippen LogP contribution in [0.5, 0.6) is 11.5 Å². The second kappa shape index (κ2) is 10.8. The van der Waals surface area contributed by atoms with Crippen LogP contribution >= 0.6 is 0 Å². The van der Waals surface area contributed by atoms with Crippen molar-refractivity contribution in [3.8, 4) is 11.5 Å². The van der Waals surface area contributed by atoms with Gasteiger partial charge in [0.1, 0.15) is 11.5 Å². The fourth-order valence-corrected chi connectivity index (χ4v) is 2.77. The fraction of sp³-hybridized carbons (Fsp3) is 0.478. The van der Waals surface area contributed by atoms with E-state index in [9.17, 15) is 5.11 Å². The minimum atomic E-state index is 0.316. The second-order valence-corrected chi connectivity index (χ2v) is 7.13. The predicted octanol–water partition coefficient (Wildman–Crippen LogP) is 6.67. The van der Waals surface area contributed by atoms with Crippen molar-refractivity contribution in [2.75, 3.05) is 7.11 Å². The number of allylic oxidation sites excluding steroid dienone is 6. The Labute approximate surface area is 153 Å². The minimum Gasteiger partial charge on any atom is -0.508 e. The van der Waals surface area contributed by atoms with Crippen LogP contribution in [0.4, 0.5) is 0 Å². The van der Waals surface area contributed by atoms with Crippen molar-refractivity contribution in [2.24, 2.45) is 0 Å². The van der Waals surface area contributed by atoms with E-state index in [1.165, 1.54) is 16.7 Å². The third-order valence-electron chi connectivity index (χ3n) is 4.33. The van der Waals surface area contributed by atoms with Gasteiger partial charge >= 0.3 is 0 Å². The zero-order valence-electron chi connectivity index (χ0n) is 16.8. The Morgan fingerprint density at radius 3 is 2.16 bits per heavy atom. The van der Waals surface area contributed by atoms with Gasteiger partial charge in [-0.3, -0.25) is 0 Å². The van der Waals surface area contributed by atoms with E-state index in [2.05, 4.69) is 45.9 Å². The van der Waals surface area contributed by atoms with Crippen LogP contribution in [0.3, 0.4) is 0 Å². The zero-order valence-corrected chi connectivity index (χ0v) is 16.8. The molecule has 1 aromatic carbocycles. The predicted molar refractivity (Wildman–Crippen MR) is 109 cm³/mol. The summed E-state index contributed by atoms with van der Waals surface area (Å²) in [6.07, 6.45) is 11.9. The first kappa shape index (κ1) is 21.1. The van der Waals surface area contributed by atoms with Crippen molar-refractivity contribution >= 4 is 0 Å². The number of hydrogen-bond donors (Lipinski definition) is 1. The summed E-state index contributed by atoms with van der Waals surface area (Å²) in [4.78, 5) is 0. The number of rotatable bonds is 9. The van der Waals surface area contributed by atoms with Gasteiger partial charge in [0.2, 0.25) is 0 Å². The van der Waals surface area contributed by atoms with Crippen molar-refractivity contribution in [2.45, 2.75) is 66.7 Å². The molecule has 0 atom stereocenters. The Kier molecular flexibility index (Phi) is 9.12. The van der Waals surface area contributed by atoms with Gasteiger partial charge in [0.15, 0.2) is 0 Å². The lowest BCUT2D eigenvalue weighted by atomic mass is 10.0. The lowest BCUT2D eigenvalue weighted by Gasteiger charge is -2.10. The summed E-state index contributed by atoms with van der Waals surface area (Å²) in [7, 11) is 1.65. The molecule has 0 aliphatic heterocycles. The van der Waals surface area contributed by atoms with Crippen LogP contribution in [-0.4, -0.2) is 12.2 Å². The Morgan fingerprint density at radius 2 is 1.56 bits per heavy atom. The molecule has 0 bridgehead atoms. The number of methoxy groups -OCH3 is 1.